The van der Waals surface area contributed by atoms with Crippen LogP contribution in [0.2, 0.25) is 0 Å². The van der Waals surface area contributed by atoms with Crippen LogP contribution in [0, 0.1) is 0 Å². The van der Waals surface area contributed by atoms with Crippen LogP contribution in [-0.2, 0) is 6.61 Å². The summed E-state index contributed by atoms with van der Waals surface area (Å²) in [6, 6.07) is 11.5. The van der Waals surface area contributed by atoms with Gasteiger partial charge in [-0.1, -0.05) is 19.1 Å². The number of rotatable bonds is 6. The van der Waals surface area contributed by atoms with Gasteiger partial charge in [0, 0.05) is 18.3 Å². The van der Waals surface area contributed by atoms with Gasteiger partial charge in [0.2, 0.25) is 5.88 Å². The maximum absolute atomic E-state index is 9.12. The van der Waals surface area contributed by atoms with Crippen LogP contribution in [0.4, 0.5) is 0 Å². The molecule has 2 rings (SSSR count). The highest BCUT2D eigenvalue weighted by atomic mass is 16.5. The Morgan fingerprint density at radius 1 is 1.30 bits per heavy atom. The Hall–Kier alpha value is -1.91. The van der Waals surface area contributed by atoms with Crippen molar-refractivity contribution in [2.45, 2.75) is 26.5 Å². The van der Waals surface area contributed by atoms with E-state index < -0.39 is 0 Å². The second-order valence-electron chi connectivity index (χ2n) is 4.61. The molecule has 1 aromatic carbocycles. The van der Waals surface area contributed by atoms with Crippen molar-refractivity contribution in [2.75, 3.05) is 6.54 Å². The van der Waals surface area contributed by atoms with Crippen molar-refractivity contribution >= 4 is 0 Å². The molecular formula is C16H20N2O2. The van der Waals surface area contributed by atoms with E-state index in [1.54, 1.807) is 6.20 Å². The Morgan fingerprint density at radius 3 is 2.90 bits per heavy atom. The maximum atomic E-state index is 9.12. The third kappa shape index (κ3) is 3.79. The van der Waals surface area contributed by atoms with Gasteiger partial charge in [0.1, 0.15) is 5.75 Å². The Balaban J connectivity index is 2.14. The second kappa shape index (κ2) is 7.03. The van der Waals surface area contributed by atoms with Gasteiger partial charge < -0.3 is 15.2 Å². The van der Waals surface area contributed by atoms with Crippen LogP contribution >= 0.6 is 0 Å². The van der Waals surface area contributed by atoms with Gasteiger partial charge >= 0.3 is 0 Å². The lowest BCUT2D eigenvalue weighted by Gasteiger charge is -2.13. The van der Waals surface area contributed by atoms with Gasteiger partial charge in [0.05, 0.1) is 6.61 Å². The molecular weight excluding hydrogens is 252 g/mol. The van der Waals surface area contributed by atoms with Crippen molar-refractivity contribution < 1.29 is 9.84 Å². The molecule has 0 saturated heterocycles. The number of aromatic nitrogens is 1. The van der Waals surface area contributed by atoms with Crippen molar-refractivity contribution in [3.8, 4) is 11.6 Å². The fourth-order valence-electron chi connectivity index (χ4n) is 2.00. The normalized spacial score (nSPS) is 12.2. The molecule has 0 aliphatic carbocycles. The third-order valence-electron chi connectivity index (χ3n) is 3.07. The zero-order valence-electron chi connectivity index (χ0n) is 11.8. The molecule has 1 aromatic heterocycles. The van der Waals surface area contributed by atoms with Crippen molar-refractivity contribution in [1.29, 1.82) is 0 Å². The van der Waals surface area contributed by atoms with E-state index >= 15 is 0 Å². The number of ether oxygens (including phenoxy) is 1. The van der Waals surface area contributed by atoms with Crippen molar-refractivity contribution in [2.24, 2.45) is 0 Å². The molecule has 0 fully saturated rings. The summed E-state index contributed by atoms with van der Waals surface area (Å²) in [5.41, 5.74) is 1.95. The highest BCUT2D eigenvalue weighted by Gasteiger charge is 2.06. The van der Waals surface area contributed by atoms with Crippen LogP contribution in [-0.4, -0.2) is 16.6 Å². The number of pyridine rings is 1. The minimum atomic E-state index is 0.00211. The van der Waals surface area contributed by atoms with Crippen LogP contribution in [0.15, 0.2) is 42.6 Å². The molecule has 1 atom stereocenters. The zero-order chi connectivity index (χ0) is 14.4. The average Bonchev–Trinajstić information content (AvgIpc) is 2.48. The number of nitrogens with one attached hydrogen (secondary N) is 1. The van der Waals surface area contributed by atoms with Crippen LogP contribution in [0.5, 0.6) is 11.6 Å². The van der Waals surface area contributed by atoms with E-state index in [0.717, 1.165) is 17.7 Å². The first-order valence-corrected chi connectivity index (χ1v) is 6.80. The van der Waals surface area contributed by atoms with E-state index in [4.69, 9.17) is 9.84 Å². The number of hydrogen-bond acceptors (Lipinski definition) is 4. The number of nitrogens with zero attached hydrogens (tertiary/aromatic N) is 1. The highest BCUT2D eigenvalue weighted by molar-refractivity contribution is 5.32. The summed E-state index contributed by atoms with van der Waals surface area (Å²) in [4.78, 5) is 4.22. The van der Waals surface area contributed by atoms with E-state index in [9.17, 15) is 0 Å². The first-order valence-electron chi connectivity index (χ1n) is 6.80. The summed E-state index contributed by atoms with van der Waals surface area (Å²) in [6.07, 6.45) is 1.74. The average molecular weight is 272 g/mol. The summed E-state index contributed by atoms with van der Waals surface area (Å²) >= 11 is 0. The number of hydrogen-bond donors (Lipinski definition) is 2. The van der Waals surface area contributed by atoms with E-state index in [1.165, 1.54) is 0 Å². The molecule has 0 spiro atoms. The molecule has 4 nitrogen and oxygen atoms in total. The summed E-state index contributed by atoms with van der Waals surface area (Å²) in [5.74, 6) is 1.24. The van der Waals surface area contributed by atoms with E-state index in [1.807, 2.05) is 36.4 Å². The number of aliphatic hydroxyl groups is 1. The molecule has 2 aromatic rings. The van der Waals surface area contributed by atoms with Gasteiger partial charge in [-0.05, 0) is 42.8 Å². The minimum Gasteiger partial charge on any atom is -0.439 e. The lowest BCUT2D eigenvalue weighted by atomic mass is 10.1. The molecule has 0 radical (unpaired) electrons. The van der Waals surface area contributed by atoms with E-state index in [0.29, 0.717) is 11.6 Å². The SMILES string of the molecule is CCNC(C)c1ccnc(Oc2cccc(CO)c2)c1. The van der Waals surface area contributed by atoms with Gasteiger partial charge in [-0.15, -0.1) is 0 Å². The van der Waals surface area contributed by atoms with Crippen molar-refractivity contribution in [3.63, 3.8) is 0 Å². The molecule has 2 N–H and O–H groups in total. The van der Waals surface area contributed by atoms with Gasteiger partial charge in [-0.3, -0.25) is 0 Å². The quantitative estimate of drug-likeness (QED) is 0.848. The Kier molecular flexibility index (Phi) is 5.09. The highest BCUT2D eigenvalue weighted by Crippen LogP contribution is 2.23. The summed E-state index contributed by atoms with van der Waals surface area (Å²) in [6.45, 7) is 5.10. The molecule has 1 unspecified atom stereocenters. The van der Waals surface area contributed by atoms with Crippen molar-refractivity contribution in [1.82, 2.24) is 10.3 Å². The predicted octanol–water partition coefficient (Wildman–Crippen LogP) is 3.04. The van der Waals surface area contributed by atoms with E-state index in [2.05, 4.69) is 24.1 Å². The Bertz CT molecular complexity index is 558. The standard InChI is InChI=1S/C16H20N2O2/c1-3-17-12(2)14-7-8-18-16(10-14)20-15-6-4-5-13(9-15)11-19/h4-10,12,17,19H,3,11H2,1-2H3. The molecule has 0 aliphatic heterocycles. The molecule has 0 aliphatic rings. The van der Waals surface area contributed by atoms with Gasteiger partial charge in [0.15, 0.2) is 0 Å². The summed E-state index contributed by atoms with van der Waals surface area (Å²) in [7, 11) is 0. The summed E-state index contributed by atoms with van der Waals surface area (Å²) in [5, 5.41) is 12.5. The lowest BCUT2D eigenvalue weighted by molar-refractivity contribution is 0.281. The third-order valence-corrected chi connectivity index (χ3v) is 3.07. The van der Waals surface area contributed by atoms with Gasteiger partial charge in [-0.2, -0.15) is 0 Å². The zero-order valence-corrected chi connectivity index (χ0v) is 11.8. The number of aliphatic hydroxyl groups excluding tert-OH is 1. The van der Waals surface area contributed by atoms with Crippen LogP contribution in [0.1, 0.15) is 31.0 Å². The molecule has 1 heterocycles. The molecule has 4 heteroatoms. The minimum absolute atomic E-state index is 0.00211. The molecule has 0 bridgehead atoms. The largest absolute Gasteiger partial charge is 0.439 e. The predicted molar refractivity (Wildman–Crippen MR) is 78.8 cm³/mol. The molecule has 0 amide bonds. The topological polar surface area (TPSA) is 54.4 Å². The Morgan fingerprint density at radius 2 is 2.15 bits per heavy atom. The molecule has 106 valence electrons. The van der Waals surface area contributed by atoms with E-state index in [-0.39, 0.29) is 12.6 Å². The fraction of sp³-hybridized carbons (Fsp3) is 0.312. The van der Waals surface area contributed by atoms with Gasteiger partial charge in [-0.25, -0.2) is 4.98 Å². The summed E-state index contributed by atoms with van der Waals surface area (Å²) < 4.78 is 5.74. The lowest BCUT2D eigenvalue weighted by Crippen LogP contribution is -2.17. The van der Waals surface area contributed by atoms with Crippen LogP contribution in [0.25, 0.3) is 0 Å². The molecule has 0 saturated carbocycles. The van der Waals surface area contributed by atoms with Crippen molar-refractivity contribution in [3.05, 3.63) is 53.7 Å². The van der Waals surface area contributed by atoms with Gasteiger partial charge in [0.25, 0.3) is 0 Å². The van der Waals surface area contributed by atoms with Crippen LogP contribution in [0.3, 0.4) is 0 Å². The molecule has 20 heavy (non-hydrogen) atoms. The monoisotopic (exact) mass is 272 g/mol. The maximum Gasteiger partial charge on any atom is 0.219 e. The first kappa shape index (κ1) is 14.5. The smallest absolute Gasteiger partial charge is 0.219 e. The fourth-order valence-corrected chi connectivity index (χ4v) is 2.00. The first-order chi connectivity index (χ1) is 9.72. The number of benzene rings is 1. The Labute approximate surface area is 119 Å². The van der Waals surface area contributed by atoms with Crippen LogP contribution < -0.4 is 10.1 Å². The second-order valence-corrected chi connectivity index (χ2v) is 4.61.